The molecule has 1 saturated heterocycles. The third-order valence-electron chi connectivity index (χ3n) is 6.00. The molecule has 2 unspecified atom stereocenters. The number of nitrogens with zero attached hydrogens (tertiary/aromatic N) is 2. The number of halogens is 1. The summed E-state index contributed by atoms with van der Waals surface area (Å²) in [5.74, 6) is 3.30. The van der Waals surface area contributed by atoms with Gasteiger partial charge in [-0.2, -0.15) is 0 Å². The van der Waals surface area contributed by atoms with E-state index in [1.807, 2.05) is 25.2 Å². The number of aliphatic imine (C=N–C) groups is 1. The Balaban J connectivity index is 0.00000289. The molecule has 0 spiro atoms. The summed E-state index contributed by atoms with van der Waals surface area (Å²) >= 11 is 0. The first-order valence-electron chi connectivity index (χ1n) is 11.1. The molecular weight excluding hydrogens is 517 g/mol. The van der Waals surface area contributed by atoms with Crippen molar-refractivity contribution in [1.82, 2.24) is 10.2 Å². The summed E-state index contributed by atoms with van der Waals surface area (Å²) in [7, 11) is 3.56. The molecule has 174 valence electrons. The molecule has 1 N–H and O–H groups in total. The van der Waals surface area contributed by atoms with Crippen molar-refractivity contribution in [1.29, 1.82) is 0 Å². The van der Waals surface area contributed by atoms with Crippen LogP contribution in [-0.4, -0.2) is 50.8 Å². The first-order valence-corrected chi connectivity index (χ1v) is 11.1. The summed E-state index contributed by atoms with van der Waals surface area (Å²) in [6.45, 7) is 6.13. The molecule has 0 radical (unpaired) electrons. The highest BCUT2D eigenvalue weighted by Crippen LogP contribution is 2.35. The van der Waals surface area contributed by atoms with Crippen molar-refractivity contribution < 1.29 is 14.2 Å². The number of likely N-dealkylation sites (tertiary alicyclic amines) is 1. The molecule has 32 heavy (non-hydrogen) atoms. The highest BCUT2D eigenvalue weighted by atomic mass is 127. The maximum absolute atomic E-state index is 5.96. The van der Waals surface area contributed by atoms with Gasteiger partial charge in [0.1, 0.15) is 17.6 Å². The topological polar surface area (TPSA) is 55.3 Å². The van der Waals surface area contributed by atoms with Crippen LogP contribution in [0, 0.1) is 5.92 Å². The zero-order chi connectivity index (χ0) is 21.6. The average molecular weight is 551 g/mol. The van der Waals surface area contributed by atoms with Gasteiger partial charge in [-0.1, -0.05) is 30.3 Å². The number of guanidine groups is 1. The van der Waals surface area contributed by atoms with E-state index < -0.39 is 0 Å². The second kappa shape index (κ2) is 11.7. The van der Waals surface area contributed by atoms with Gasteiger partial charge in [-0.25, -0.2) is 0 Å². The van der Waals surface area contributed by atoms with Crippen LogP contribution in [0.5, 0.6) is 11.5 Å². The fourth-order valence-corrected chi connectivity index (χ4v) is 4.39. The first kappa shape index (κ1) is 24.6. The molecule has 2 atom stereocenters. The molecule has 0 aliphatic carbocycles. The molecule has 2 aromatic rings. The first-order chi connectivity index (χ1) is 15.2. The number of ether oxygens (including phenoxy) is 3. The number of hydrogen-bond donors (Lipinski definition) is 1. The Bertz CT molecular complexity index is 907. The number of rotatable bonds is 7. The number of nitrogens with one attached hydrogen (secondary N) is 1. The van der Waals surface area contributed by atoms with Crippen molar-refractivity contribution in [3.8, 4) is 11.5 Å². The third-order valence-corrected chi connectivity index (χ3v) is 6.00. The zero-order valence-corrected chi connectivity index (χ0v) is 21.5. The summed E-state index contributed by atoms with van der Waals surface area (Å²) in [5.41, 5.74) is 3.52. The Morgan fingerprint density at radius 3 is 2.81 bits per heavy atom. The predicted octanol–water partition coefficient (Wildman–Crippen LogP) is 4.25. The van der Waals surface area contributed by atoms with Crippen LogP contribution in [0.1, 0.15) is 30.0 Å². The van der Waals surface area contributed by atoms with Gasteiger partial charge >= 0.3 is 0 Å². The quantitative estimate of drug-likeness (QED) is 0.317. The summed E-state index contributed by atoms with van der Waals surface area (Å²) in [6.07, 6.45) is 2.27. The molecule has 0 amide bonds. The fraction of sp³-hybridized carbons (Fsp3) is 0.480. The van der Waals surface area contributed by atoms with Gasteiger partial charge in [-0.3, -0.25) is 4.99 Å². The van der Waals surface area contributed by atoms with Gasteiger partial charge in [0.2, 0.25) is 0 Å². The minimum absolute atomic E-state index is 0. The van der Waals surface area contributed by atoms with Crippen LogP contribution < -0.4 is 14.8 Å². The Hall–Kier alpha value is -2.00. The number of hydrogen-bond acceptors (Lipinski definition) is 4. The largest absolute Gasteiger partial charge is 0.496 e. The van der Waals surface area contributed by atoms with E-state index in [0.717, 1.165) is 55.6 Å². The van der Waals surface area contributed by atoms with Crippen LogP contribution in [0.2, 0.25) is 0 Å². The SMILES string of the molecule is CN=C(NCc1cc2c(cc1OC)CC(C)O2)N1CCC(COCc2ccccc2)C1.I. The summed E-state index contributed by atoms with van der Waals surface area (Å²) in [6, 6.07) is 14.5. The molecule has 0 bridgehead atoms. The smallest absolute Gasteiger partial charge is 0.193 e. The maximum atomic E-state index is 5.96. The van der Waals surface area contributed by atoms with Crippen molar-refractivity contribution in [3.05, 3.63) is 59.2 Å². The molecule has 7 heteroatoms. The van der Waals surface area contributed by atoms with Crippen molar-refractivity contribution in [2.45, 2.75) is 39.0 Å². The van der Waals surface area contributed by atoms with Crippen molar-refractivity contribution in [2.75, 3.05) is 33.9 Å². The van der Waals surface area contributed by atoms with Crippen LogP contribution in [0.3, 0.4) is 0 Å². The van der Waals surface area contributed by atoms with E-state index in [-0.39, 0.29) is 30.1 Å². The number of fused-ring (bicyclic) bond motifs is 1. The predicted molar refractivity (Wildman–Crippen MR) is 138 cm³/mol. The maximum Gasteiger partial charge on any atom is 0.193 e. The molecule has 2 heterocycles. The van der Waals surface area contributed by atoms with Crippen molar-refractivity contribution >= 4 is 29.9 Å². The molecule has 2 aromatic carbocycles. The average Bonchev–Trinajstić information content (AvgIpc) is 3.39. The van der Waals surface area contributed by atoms with Gasteiger partial charge < -0.3 is 24.4 Å². The van der Waals surface area contributed by atoms with Crippen LogP contribution in [0.4, 0.5) is 0 Å². The number of methoxy groups -OCH3 is 1. The number of benzene rings is 2. The highest BCUT2D eigenvalue weighted by molar-refractivity contribution is 14.0. The van der Waals surface area contributed by atoms with E-state index in [9.17, 15) is 0 Å². The van der Waals surface area contributed by atoms with E-state index in [4.69, 9.17) is 14.2 Å². The standard InChI is InChI=1S/C25H33N3O3.HI/c1-18-11-21-12-23(29-3)22(13-24(21)31-18)14-27-25(26-2)28-10-9-20(15-28)17-30-16-19-7-5-4-6-8-19;/h4-8,12-13,18,20H,9-11,14-17H2,1-3H3,(H,26,27);1H. The molecule has 4 rings (SSSR count). The van der Waals surface area contributed by atoms with Crippen LogP contribution >= 0.6 is 24.0 Å². The second-order valence-corrected chi connectivity index (χ2v) is 8.41. The summed E-state index contributed by atoms with van der Waals surface area (Å²) < 4.78 is 17.5. The van der Waals surface area contributed by atoms with Crippen LogP contribution in [-0.2, 0) is 24.3 Å². The zero-order valence-electron chi connectivity index (χ0n) is 19.2. The Kier molecular flexibility index (Phi) is 9.04. The lowest BCUT2D eigenvalue weighted by Crippen LogP contribution is -2.39. The van der Waals surface area contributed by atoms with Gasteiger partial charge in [0.25, 0.3) is 0 Å². The van der Waals surface area contributed by atoms with E-state index >= 15 is 0 Å². The van der Waals surface area contributed by atoms with Crippen molar-refractivity contribution in [3.63, 3.8) is 0 Å². The minimum atomic E-state index is 0. The lowest BCUT2D eigenvalue weighted by Gasteiger charge is -2.22. The Morgan fingerprint density at radius 2 is 2.06 bits per heavy atom. The molecule has 1 fully saturated rings. The normalized spacial score (nSPS) is 19.8. The van der Waals surface area contributed by atoms with Gasteiger partial charge in [-0.15, -0.1) is 24.0 Å². The monoisotopic (exact) mass is 551 g/mol. The van der Waals surface area contributed by atoms with E-state index in [1.165, 1.54) is 11.1 Å². The Labute approximate surface area is 208 Å². The van der Waals surface area contributed by atoms with Gasteiger partial charge in [-0.05, 0) is 31.0 Å². The van der Waals surface area contributed by atoms with Gasteiger partial charge in [0, 0.05) is 50.1 Å². The molecule has 0 aromatic heterocycles. The molecular formula is C25H34IN3O3. The lowest BCUT2D eigenvalue weighted by atomic mass is 10.1. The molecule has 2 aliphatic heterocycles. The van der Waals surface area contributed by atoms with Crippen LogP contribution in [0.25, 0.3) is 0 Å². The molecule has 6 nitrogen and oxygen atoms in total. The second-order valence-electron chi connectivity index (χ2n) is 8.41. The van der Waals surface area contributed by atoms with E-state index in [2.05, 4.69) is 46.4 Å². The fourth-order valence-electron chi connectivity index (χ4n) is 4.39. The minimum Gasteiger partial charge on any atom is -0.496 e. The van der Waals surface area contributed by atoms with Gasteiger partial charge in [0.15, 0.2) is 5.96 Å². The summed E-state index contributed by atoms with van der Waals surface area (Å²) in [4.78, 5) is 6.82. The summed E-state index contributed by atoms with van der Waals surface area (Å²) in [5, 5.41) is 3.51. The van der Waals surface area contributed by atoms with Crippen LogP contribution in [0.15, 0.2) is 47.5 Å². The lowest BCUT2D eigenvalue weighted by molar-refractivity contribution is 0.0906. The van der Waals surface area contributed by atoms with E-state index in [0.29, 0.717) is 19.1 Å². The molecule has 2 aliphatic rings. The Morgan fingerprint density at radius 1 is 1.25 bits per heavy atom. The van der Waals surface area contributed by atoms with Crippen molar-refractivity contribution in [2.24, 2.45) is 10.9 Å². The highest BCUT2D eigenvalue weighted by Gasteiger charge is 2.26. The van der Waals surface area contributed by atoms with E-state index in [1.54, 1.807) is 7.11 Å². The van der Waals surface area contributed by atoms with Gasteiger partial charge in [0.05, 0.1) is 20.3 Å². The molecule has 0 saturated carbocycles. The third kappa shape index (κ3) is 6.07.